The van der Waals surface area contributed by atoms with Crippen LogP contribution in [0.1, 0.15) is 96.8 Å². The molecule has 3 aromatic rings. The Balaban J connectivity index is 1.28. The van der Waals surface area contributed by atoms with Crippen LogP contribution in [-0.4, -0.2) is 21.5 Å². The number of fused-ring (bicyclic) bond motifs is 1. The highest BCUT2D eigenvalue weighted by Crippen LogP contribution is 2.36. The van der Waals surface area contributed by atoms with Gasteiger partial charge >= 0.3 is 0 Å². The van der Waals surface area contributed by atoms with E-state index in [-0.39, 0.29) is 0 Å². The summed E-state index contributed by atoms with van der Waals surface area (Å²) in [6.07, 6.45) is 22.6. The molecular weight excluding hydrogens is 450 g/mol. The summed E-state index contributed by atoms with van der Waals surface area (Å²) in [4.78, 5) is 14.4. The molecule has 0 radical (unpaired) electrons. The minimum atomic E-state index is 0.607. The zero-order valence-electron chi connectivity index (χ0n) is 21.5. The van der Waals surface area contributed by atoms with Crippen LogP contribution < -0.4 is 11.1 Å². The molecule has 0 bridgehead atoms. The van der Waals surface area contributed by atoms with Gasteiger partial charge in [0.2, 0.25) is 0 Å². The van der Waals surface area contributed by atoms with Crippen LogP contribution >= 0.6 is 11.8 Å². The van der Waals surface area contributed by atoms with Gasteiger partial charge in [-0.2, -0.15) is 0 Å². The Morgan fingerprint density at radius 3 is 2.06 bits per heavy atom. The number of benzene rings is 1. The number of unbranched alkanes of at least 4 members (excludes halogenated alkanes) is 13. The number of anilines is 2. The molecule has 0 atom stereocenters. The van der Waals surface area contributed by atoms with Crippen LogP contribution in [0.15, 0.2) is 52.8 Å². The van der Waals surface area contributed by atoms with E-state index in [0.717, 1.165) is 39.6 Å². The molecule has 0 amide bonds. The van der Waals surface area contributed by atoms with E-state index in [2.05, 4.69) is 45.4 Å². The van der Waals surface area contributed by atoms with Crippen LogP contribution in [0.5, 0.6) is 0 Å². The maximum absolute atomic E-state index is 6.41. The van der Waals surface area contributed by atoms with Crippen molar-refractivity contribution in [2.45, 2.75) is 107 Å². The van der Waals surface area contributed by atoms with Crippen molar-refractivity contribution in [3.05, 3.63) is 42.9 Å². The molecule has 0 saturated carbocycles. The van der Waals surface area contributed by atoms with Gasteiger partial charge in [-0.3, -0.25) is 4.98 Å². The molecular formula is C29H43N5S. The zero-order valence-corrected chi connectivity index (χ0v) is 22.3. The average molecular weight is 494 g/mol. The monoisotopic (exact) mass is 493 g/mol. The van der Waals surface area contributed by atoms with Gasteiger partial charge in [0.05, 0.1) is 5.52 Å². The lowest BCUT2D eigenvalue weighted by Gasteiger charge is -2.11. The minimum absolute atomic E-state index is 0.607. The fourth-order valence-electron chi connectivity index (χ4n) is 4.39. The van der Waals surface area contributed by atoms with Crippen molar-refractivity contribution in [2.24, 2.45) is 0 Å². The number of pyridine rings is 1. The second-order valence-electron chi connectivity index (χ2n) is 9.40. The van der Waals surface area contributed by atoms with Gasteiger partial charge < -0.3 is 11.1 Å². The van der Waals surface area contributed by atoms with Gasteiger partial charge in [-0.25, -0.2) is 9.97 Å². The Morgan fingerprint density at radius 2 is 1.37 bits per heavy atom. The summed E-state index contributed by atoms with van der Waals surface area (Å²) in [5, 5.41) is 5.29. The van der Waals surface area contributed by atoms with Crippen LogP contribution in [-0.2, 0) is 0 Å². The van der Waals surface area contributed by atoms with Crippen LogP contribution in [0, 0.1) is 0 Å². The van der Waals surface area contributed by atoms with Crippen molar-refractivity contribution in [3.8, 4) is 0 Å². The molecule has 0 aliphatic carbocycles. The molecule has 190 valence electrons. The first-order valence-electron chi connectivity index (χ1n) is 13.7. The third kappa shape index (κ3) is 9.67. The second-order valence-corrected chi connectivity index (χ2v) is 10.4. The normalized spacial score (nSPS) is 11.2. The number of nitrogens with one attached hydrogen (secondary N) is 1. The van der Waals surface area contributed by atoms with E-state index in [1.807, 2.05) is 18.3 Å². The predicted molar refractivity (Wildman–Crippen MR) is 151 cm³/mol. The molecule has 1 aromatic carbocycles. The number of nitrogens with zero attached hydrogens (tertiary/aromatic N) is 3. The Morgan fingerprint density at radius 1 is 0.743 bits per heavy atom. The first-order valence-corrected chi connectivity index (χ1v) is 14.5. The van der Waals surface area contributed by atoms with Gasteiger partial charge in [0.1, 0.15) is 17.0 Å². The van der Waals surface area contributed by atoms with Gasteiger partial charge in [0.25, 0.3) is 0 Å². The molecule has 35 heavy (non-hydrogen) atoms. The first-order chi connectivity index (χ1) is 17.3. The molecule has 6 heteroatoms. The van der Waals surface area contributed by atoms with E-state index >= 15 is 0 Å². The fraction of sp³-hybridized carbons (Fsp3) is 0.552. The number of para-hydroxylation sites is 1. The van der Waals surface area contributed by atoms with Gasteiger partial charge in [0.15, 0.2) is 5.82 Å². The Labute approximate surface area is 216 Å². The summed E-state index contributed by atoms with van der Waals surface area (Å²) in [5.41, 5.74) is 7.98. The third-order valence-corrected chi connectivity index (χ3v) is 7.54. The topological polar surface area (TPSA) is 76.7 Å². The van der Waals surface area contributed by atoms with E-state index < -0.39 is 0 Å². The number of aromatic nitrogens is 3. The number of hydrogen-bond donors (Lipinski definition) is 2. The minimum Gasteiger partial charge on any atom is -0.394 e. The van der Waals surface area contributed by atoms with Crippen LogP contribution in [0.4, 0.5) is 11.5 Å². The summed E-state index contributed by atoms with van der Waals surface area (Å²) in [5.74, 6) is 0.727. The van der Waals surface area contributed by atoms with E-state index in [0.29, 0.717) is 5.69 Å². The van der Waals surface area contributed by atoms with Crippen molar-refractivity contribution >= 4 is 34.2 Å². The van der Waals surface area contributed by atoms with Gasteiger partial charge in [-0.15, -0.1) is 0 Å². The van der Waals surface area contributed by atoms with Crippen LogP contribution in [0.3, 0.4) is 0 Å². The van der Waals surface area contributed by atoms with Crippen LogP contribution in [0.2, 0.25) is 0 Å². The van der Waals surface area contributed by atoms with Crippen molar-refractivity contribution < 1.29 is 0 Å². The second kappa shape index (κ2) is 16.4. The lowest BCUT2D eigenvalue weighted by Crippen LogP contribution is -2.07. The molecule has 2 aromatic heterocycles. The summed E-state index contributed by atoms with van der Waals surface area (Å²) in [6.45, 7) is 3.17. The number of nitrogens with two attached hydrogens (primary N) is 1. The Kier molecular flexibility index (Phi) is 12.7. The number of hydrogen-bond acceptors (Lipinski definition) is 6. The number of rotatable bonds is 18. The summed E-state index contributed by atoms with van der Waals surface area (Å²) in [6, 6.07) is 10.2. The van der Waals surface area contributed by atoms with E-state index in [4.69, 9.17) is 5.73 Å². The maximum atomic E-state index is 6.41. The molecule has 0 aliphatic rings. The van der Waals surface area contributed by atoms with Gasteiger partial charge in [0, 0.05) is 23.0 Å². The average Bonchev–Trinajstić information content (AvgIpc) is 2.88. The lowest BCUT2D eigenvalue weighted by atomic mass is 10.0. The molecule has 3 rings (SSSR count). The summed E-state index contributed by atoms with van der Waals surface area (Å²) < 4.78 is 0. The summed E-state index contributed by atoms with van der Waals surface area (Å²) in [7, 11) is 0. The lowest BCUT2D eigenvalue weighted by molar-refractivity contribution is 0.537. The number of nitrogen functional groups attached to an aromatic ring is 1. The molecule has 3 N–H and O–H groups in total. The highest BCUT2D eigenvalue weighted by atomic mass is 32.2. The molecule has 0 aliphatic heterocycles. The van der Waals surface area contributed by atoms with Crippen molar-refractivity contribution in [2.75, 3.05) is 17.6 Å². The van der Waals surface area contributed by atoms with E-state index in [1.54, 1.807) is 18.1 Å². The molecule has 0 unspecified atom stereocenters. The van der Waals surface area contributed by atoms with Crippen molar-refractivity contribution in [3.63, 3.8) is 0 Å². The predicted octanol–water partition coefficient (Wildman–Crippen LogP) is 8.65. The highest BCUT2D eigenvalue weighted by Gasteiger charge is 2.11. The van der Waals surface area contributed by atoms with Gasteiger partial charge in [-0.05, 0) is 18.6 Å². The SMILES string of the molecule is CCCCCCCCCCCCCCCCNc1ncnc(Sc2cccc3cccnc23)c1N. The van der Waals surface area contributed by atoms with E-state index in [1.165, 1.54) is 83.5 Å². The molecule has 0 fully saturated rings. The highest BCUT2D eigenvalue weighted by molar-refractivity contribution is 7.99. The largest absolute Gasteiger partial charge is 0.394 e. The molecule has 5 nitrogen and oxygen atoms in total. The summed E-state index contributed by atoms with van der Waals surface area (Å²) >= 11 is 1.54. The fourth-order valence-corrected chi connectivity index (χ4v) is 5.32. The van der Waals surface area contributed by atoms with Gasteiger partial charge in [-0.1, -0.05) is 120 Å². The van der Waals surface area contributed by atoms with Crippen molar-refractivity contribution in [1.82, 2.24) is 15.0 Å². The molecule has 0 spiro atoms. The zero-order chi connectivity index (χ0) is 24.6. The smallest absolute Gasteiger partial charge is 0.153 e. The Bertz CT molecular complexity index is 988. The first kappa shape index (κ1) is 27.3. The standard InChI is InChI=1S/C29H43N5S/c1-2-3-4-5-6-7-8-9-10-11-12-13-14-15-21-32-28-26(30)29(34-23-33-28)35-25-20-16-18-24-19-17-22-31-27(24)25/h16-20,22-23H,2-15,21,30H2,1H3,(H,32,33,34). The third-order valence-electron chi connectivity index (χ3n) is 6.47. The quantitative estimate of drug-likeness (QED) is 0.136. The molecule has 2 heterocycles. The van der Waals surface area contributed by atoms with Crippen molar-refractivity contribution in [1.29, 1.82) is 0 Å². The van der Waals surface area contributed by atoms with E-state index in [9.17, 15) is 0 Å². The van der Waals surface area contributed by atoms with Crippen LogP contribution in [0.25, 0.3) is 10.9 Å². The Hall–Kier alpha value is -2.34. The molecule has 0 saturated heterocycles. The maximum Gasteiger partial charge on any atom is 0.153 e.